The second-order valence-electron chi connectivity index (χ2n) is 3.62. The largest absolute Gasteiger partial charge is 0.373 e. The summed E-state index contributed by atoms with van der Waals surface area (Å²) in [7, 11) is 0. The number of carbonyl (C=O) groups is 1. The first-order valence-corrected chi connectivity index (χ1v) is 5.31. The van der Waals surface area contributed by atoms with Crippen LogP contribution in [0.2, 0.25) is 5.02 Å². The van der Waals surface area contributed by atoms with Crippen LogP contribution in [0.3, 0.4) is 0 Å². The summed E-state index contributed by atoms with van der Waals surface area (Å²) >= 11 is 5.72. The van der Waals surface area contributed by atoms with Gasteiger partial charge in [0.15, 0.2) is 0 Å². The molecule has 0 spiro atoms. The van der Waals surface area contributed by atoms with E-state index < -0.39 is 5.56 Å². The van der Waals surface area contributed by atoms with Crippen molar-refractivity contribution >= 4 is 23.2 Å². The van der Waals surface area contributed by atoms with Gasteiger partial charge in [-0.1, -0.05) is 11.6 Å². The average molecular weight is 243 g/mol. The van der Waals surface area contributed by atoms with Crippen LogP contribution in [0.5, 0.6) is 0 Å². The molecule has 1 aromatic rings. The fourth-order valence-corrected chi connectivity index (χ4v) is 1.35. The van der Waals surface area contributed by atoms with Gasteiger partial charge in [-0.3, -0.25) is 9.59 Å². The number of nitrogens with one attached hydrogen (secondary N) is 3. The number of halogens is 1. The molecule has 1 fully saturated rings. The molecule has 1 aliphatic rings. The first-order valence-electron chi connectivity index (χ1n) is 4.93. The third-order valence-electron chi connectivity index (χ3n) is 2.18. The van der Waals surface area contributed by atoms with Crippen LogP contribution in [0.25, 0.3) is 0 Å². The molecule has 1 aromatic heterocycles. The Labute approximate surface area is 96.4 Å². The SMILES string of the molecule is O=C(CNc1cn[nH]c(=O)c1Cl)NC1CC1. The minimum absolute atomic E-state index is 0.00854. The van der Waals surface area contributed by atoms with Crippen LogP contribution in [0.4, 0.5) is 5.69 Å². The van der Waals surface area contributed by atoms with Gasteiger partial charge < -0.3 is 10.6 Å². The van der Waals surface area contributed by atoms with Gasteiger partial charge in [-0.15, -0.1) is 0 Å². The molecule has 1 amide bonds. The van der Waals surface area contributed by atoms with E-state index in [-0.39, 0.29) is 17.5 Å². The molecule has 0 saturated heterocycles. The predicted octanol–water partition coefficient (Wildman–Crippen LogP) is 0.114. The summed E-state index contributed by atoms with van der Waals surface area (Å²) in [5, 5.41) is 11.3. The van der Waals surface area contributed by atoms with E-state index in [1.807, 2.05) is 0 Å². The predicted molar refractivity (Wildman–Crippen MR) is 59.5 cm³/mol. The van der Waals surface area contributed by atoms with Gasteiger partial charge in [0.1, 0.15) is 5.02 Å². The molecule has 0 radical (unpaired) electrons. The zero-order valence-electron chi connectivity index (χ0n) is 8.42. The van der Waals surface area contributed by atoms with E-state index in [0.717, 1.165) is 12.8 Å². The van der Waals surface area contributed by atoms with E-state index in [4.69, 9.17) is 11.6 Å². The van der Waals surface area contributed by atoms with E-state index in [9.17, 15) is 9.59 Å². The summed E-state index contributed by atoms with van der Waals surface area (Å²) in [5.74, 6) is -0.112. The second-order valence-corrected chi connectivity index (χ2v) is 4.00. The van der Waals surface area contributed by atoms with Crippen molar-refractivity contribution < 1.29 is 4.79 Å². The number of nitrogens with zero attached hydrogens (tertiary/aromatic N) is 1. The summed E-state index contributed by atoms with van der Waals surface area (Å²) in [6.45, 7) is 0.0847. The molecule has 0 aromatic carbocycles. The summed E-state index contributed by atoms with van der Waals surface area (Å²) in [6.07, 6.45) is 3.45. The number of aromatic amines is 1. The molecule has 1 heterocycles. The molecule has 7 heteroatoms. The van der Waals surface area contributed by atoms with E-state index in [0.29, 0.717) is 11.7 Å². The molecule has 1 saturated carbocycles. The van der Waals surface area contributed by atoms with Gasteiger partial charge in [-0.05, 0) is 12.8 Å². The fourth-order valence-electron chi connectivity index (χ4n) is 1.19. The zero-order valence-corrected chi connectivity index (χ0v) is 9.17. The highest BCUT2D eigenvalue weighted by Gasteiger charge is 2.22. The summed E-state index contributed by atoms with van der Waals surface area (Å²) in [6, 6.07) is 0.321. The van der Waals surface area contributed by atoms with Gasteiger partial charge in [0.05, 0.1) is 18.4 Å². The van der Waals surface area contributed by atoms with Crippen molar-refractivity contribution in [1.29, 1.82) is 0 Å². The number of H-pyrrole nitrogens is 1. The van der Waals surface area contributed by atoms with Crippen LogP contribution in [-0.4, -0.2) is 28.7 Å². The number of amides is 1. The van der Waals surface area contributed by atoms with E-state index >= 15 is 0 Å². The Morgan fingerprint density at radius 3 is 3.06 bits per heavy atom. The Bertz CT molecular complexity index is 455. The molecular weight excluding hydrogens is 232 g/mol. The third kappa shape index (κ3) is 2.73. The molecule has 1 aliphatic carbocycles. The maximum atomic E-state index is 11.3. The van der Waals surface area contributed by atoms with Gasteiger partial charge in [0.2, 0.25) is 5.91 Å². The van der Waals surface area contributed by atoms with Crippen LogP contribution in [0.1, 0.15) is 12.8 Å². The second kappa shape index (κ2) is 4.52. The van der Waals surface area contributed by atoms with Crippen LogP contribution in [-0.2, 0) is 4.79 Å². The van der Waals surface area contributed by atoms with Gasteiger partial charge >= 0.3 is 0 Å². The monoisotopic (exact) mass is 242 g/mol. The number of hydrogen-bond acceptors (Lipinski definition) is 4. The topological polar surface area (TPSA) is 86.9 Å². The minimum Gasteiger partial charge on any atom is -0.373 e. The van der Waals surface area contributed by atoms with Crippen LogP contribution in [0, 0.1) is 0 Å². The lowest BCUT2D eigenvalue weighted by atomic mass is 10.4. The summed E-state index contributed by atoms with van der Waals surface area (Å²) in [4.78, 5) is 22.4. The summed E-state index contributed by atoms with van der Waals surface area (Å²) < 4.78 is 0. The maximum absolute atomic E-state index is 11.3. The van der Waals surface area contributed by atoms with Crippen LogP contribution < -0.4 is 16.2 Å². The molecule has 86 valence electrons. The van der Waals surface area contributed by atoms with E-state index in [2.05, 4.69) is 20.8 Å². The van der Waals surface area contributed by atoms with E-state index in [1.165, 1.54) is 6.20 Å². The first-order chi connectivity index (χ1) is 7.66. The van der Waals surface area contributed by atoms with Crippen molar-refractivity contribution in [2.75, 3.05) is 11.9 Å². The standard InChI is InChI=1S/C9H11ClN4O2/c10-8-6(3-12-14-9(8)16)11-4-7(15)13-5-1-2-5/h3,5H,1-2,4H2,(H,13,15)(H2,11,14,16). The Morgan fingerprint density at radius 1 is 1.62 bits per heavy atom. The Hall–Kier alpha value is -1.56. The highest BCUT2D eigenvalue weighted by atomic mass is 35.5. The lowest BCUT2D eigenvalue weighted by Crippen LogP contribution is -2.31. The van der Waals surface area contributed by atoms with Gasteiger partial charge in [0, 0.05) is 6.04 Å². The average Bonchev–Trinajstić information content (AvgIpc) is 3.04. The van der Waals surface area contributed by atoms with Gasteiger partial charge in [-0.25, -0.2) is 5.10 Å². The van der Waals surface area contributed by atoms with E-state index in [1.54, 1.807) is 0 Å². The molecule has 16 heavy (non-hydrogen) atoms. The fraction of sp³-hybridized carbons (Fsp3) is 0.444. The van der Waals surface area contributed by atoms with Gasteiger partial charge in [0.25, 0.3) is 5.56 Å². The molecule has 0 bridgehead atoms. The number of anilines is 1. The molecule has 2 rings (SSSR count). The normalized spacial score (nSPS) is 14.6. The van der Waals surface area contributed by atoms with Crippen molar-refractivity contribution in [3.63, 3.8) is 0 Å². The first kappa shape index (κ1) is 10.9. The van der Waals surface area contributed by atoms with Crippen molar-refractivity contribution in [2.24, 2.45) is 0 Å². The van der Waals surface area contributed by atoms with Crippen molar-refractivity contribution in [3.8, 4) is 0 Å². The van der Waals surface area contributed by atoms with Crippen molar-refractivity contribution in [2.45, 2.75) is 18.9 Å². The highest BCUT2D eigenvalue weighted by molar-refractivity contribution is 6.32. The smallest absolute Gasteiger partial charge is 0.285 e. The van der Waals surface area contributed by atoms with Crippen molar-refractivity contribution in [3.05, 3.63) is 21.6 Å². The Kier molecular flexibility index (Phi) is 3.09. The number of aromatic nitrogens is 2. The quantitative estimate of drug-likeness (QED) is 0.700. The Balaban J connectivity index is 1.90. The molecule has 0 aliphatic heterocycles. The minimum atomic E-state index is -0.478. The zero-order chi connectivity index (χ0) is 11.5. The highest BCUT2D eigenvalue weighted by Crippen LogP contribution is 2.18. The van der Waals surface area contributed by atoms with Crippen molar-refractivity contribution in [1.82, 2.24) is 15.5 Å². The Morgan fingerprint density at radius 2 is 2.38 bits per heavy atom. The number of rotatable bonds is 4. The molecular formula is C9H11ClN4O2. The summed E-state index contributed by atoms with van der Waals surface area (Å²) in [5.41, 5.74) is -0.120. The molecule has 6 nitrogen and oxygen atoms in total. The molecule has 0 unspecified atom stereocenters. The van der Waals surface area contributed by atoms with Crippen LogP contribution >= 0.6 is 11.6 Å². The molecule has 0 atom stereocenters. The van der Waals surface area contributed by atoms with Gasteiger partial charge in [-0.2, -0.15) is 5.10 Å². The molecule has 3 N–H and O–H groups in total. The lowest BCUT2D eigenvalue weighted by molar-refractivity contribution is -0.119. The number of hydrogen-bond donors (Lipinski definition) is 3. The lowest BCUT2D eigenvalue weighted by Gasteiger charge is -2.06. The van der Waals surface area contributed by atoms with Crippen LogP contribution in [0.15, 0.2) is 11.0 Å². The number of carbonyl (C=O) groups excluding carboxylic acids is 1. The maximum Gasteiger partial charge on any atom is 0.285 e. The third-order valence-corrected chi connectivity index (χ3v) is 2.55.